The third kappa shape index (κ3) is 4.30. The van der Waals surface area contributed by atoms with Crippen molar-refractivity contribution in [1.82, 2.24) is 0 Å². The molecule has 148 valence electrons. The van der Waals surface area contributed by atoms with Gasteiger partial charge in [-0.3, -0.25) is 9.69 Å². The Morgan fingerprint density at radius 3 is 2.43 bits per heavy atom. The lowest BCUT2D eigenvalue weighted by atomic mass is 10.2. The molecule has 7 heteroatoms. The topological polar surface area (TPSA) is 70.0 Å². The van der Waals surface area contributed by atoms with Gasteiger partial charge in [-0.15, -0.1) is 0 Å². The third-order valence-corrected chi connectivity index (χ3v) is 5.53. The number of nitrogens with zero attached hydrogens (tertiary/aromatic N) is 2. The summed E-state index contributed by atoms with van der Waals surface area (Å²) in [5.74, 6) is -1.23. The lowest BCUT2D eigenvalue weighted by molar-refractivity contribution is -0.113. The number of thioether (sulfide) groups is 1. The second-order valence-corrected chi connectivity index (χ2v) is 7.83. The molecule has 1 heterocycles. The zero-order valence-electron chi connectivity index (χ0n) is 15.5. The molecule has 1 saturated heterocycles. The van der Waals surface area contributed by atoms with Crippen molar-refractivity contribution in [2.45, 2.75) is 0 Å². The van der Waals surface area contributed by atoms with Gasteiger partial charge in [-0.1, -0.05) is 48.0 Å². The van der Waals surface area contributed by atoms with Crippen LogP contribution in [0.1, 0.15) is 15.9 Å². The van der Waals surface area contributed by atoms with Gasteiger partial charge in [0, 0.05) is 5.02 Å². The van der Waals surface area contributed by atoms with E-state index in [1.165, 1.54) is 28.8 Å². The summed E-state index contributed by atoms with van der Waals surface area (Å²) >= 11 is 7.18. The van der Waals surface area contributed by atoms with Crippen molar-refractivity contribution in [3.8, 4) is 0 Å². The van der Waals surface area contributed by atoms with E-state index in [4.69, 9.17) is 11.6 Å². The first-order chi connectivity index (χ1) is 14.5. The molecule has 0 aliphatic carbocycles. The number of carbonyl (C=O) groups is 2. The fraction of sp³-hybridized carbons (Fsp3) is 0. The third-order valence-electron chi connectivity index (χ3n) is 4.31. The van der Waals surface area contributed by atoms with Crippen LogP contribution in [-0.2, 0) is 4.79 Å². The van der Waals surface area contributed by atoms with E-state index < -0.39 is 5.97 Å². The van der Waals surface area contributed by atoms with Gasteiger partial charge in [-0.25, -0.2) is 9.79 Å². The number of carboxylic acids is 1. The number of aliphatic imine (C=N–C) groups is 1. The molecule has 0 bridgehead atoms. The van der Waals surface area contributed by atoms with Gasteiger partial charge in [0.1, 0.15) is 0 Å². The number of hydrogen-bond acceptors (Lipinski definition) is 4. The number of rotatable bonds is 4. The van der Waals surface area contributed by atoms with Crippen molar-refractivity contribution in [1.29, 1.82) is 0 Å². The van der Waals surface area contributed by atoms with Crippen molar-refractivity contribution in [2.24, 2.45) is 4.99 Å². The van der Waals surface area contributed by atoms with Gasteiger partial charge < -0.3 is 5.11 Å². The maximum atomic E-state index is 13.2. The van der Waals surface area contributed by atoms with E-state index in [9.17, 15) is 14.7 Å². The second kappa shape index (κ2) is 8.57. The van der Waals surface area contributed by atoms with E-state index in [0.29, 0.717) is 26.5 Å². The normalized spacial score (nSPS) is 16.4. The first kappa shape index (κ1) is 19.9. The van der Waals surface area contributed by atoms with E-state index >= 15 is 0 Å². The molecular weight excluding hydrogens is 420 g/mol. The molecule has 0 atom stereocenters. The summed E-state index contributed by atoms with van der Waals surface area (Å²) in [4.78, 5) is 31.1. The predicted molar refractivity (Wildman–Crippen MR) is 121 cm³/mol. The molecule has 1 aliphatic heterocycles. The Morgan fingerprint density at radius 1 is 1.00 bits per heavy atom. The van der Waals surface area contributed by atoms with Gasteiger partial charge in [0.05, 0.1) is 21.8 Å². The molecule has 3 aromatic carbocycles. The van der Waals surface area contributed by atoms with Crippen LogP contribution in [0, 0.1) is 0 Å². The van der Waals surface area contributed by atoms with E-state index in [1.54, 1.807) is 30.3 Å². The number of anilines is 1. The fourth-order valence-corrected chi connectivity index (χ4v) is 4.01. The van der Waals surface area contributed by atoms with Crippen LogP contribution in [-0.4, -0.2) is 22.2 Å². The van der Waals surface area contributed by atoms with Crippen LogP contribution in [0.25, 0.3) is 6.08 Å². The molecule has 0 radical (unpaired) electrons. The Balaban J connectivity index is 1.77. The first-order valence-corrected chi connectivity index (χ1v) is 10.2. The highest BCUT2D eigenvalue weighted by atomic mass is 35.5. The quantitative estimate of drug-likeness (QED) is 0.523. The molecule has 3 aromatic rings. The summed E-state index contributed by atoms with van der Waals surface area (Å²) in [5.41, 5.74) is 2.12. The Morgan fingerprint density at radius 2 is 1.73 bits per heavy atom. The van der Waals surface area contributed by atoms with Crippen molar-refractivity contribution >= 4 is 57.9 Å². The molecule has 1 N–H and O–H groups in total. The number of para-hydroxylation sites is 1. The van der Waals surface area contributed by atoms with Gasteiger partial charge >= 0.3 is 5.97 Å². The van der Waals surface area contributed by atoms with Crippen LogP contribution in [0.5, 0.6) is 0 Å². The van der Waals surface area contributed by atoms with E-state index in [2.05, 4.69) is 4.99 Å². The van der Waals surface area contributed by atoms with Gasteiger partial charge in [0.15, 0.2) is 5.17 Å². The standard InChI is InChI=1S/C23H15ClN2O3S/c24-17-11-9-15(10-12-17)13-20-21(27)26(19-7-2-1-3-8-19)23(30-20)25-18-6-4-5-16(14-18)22(28)29/h1-14H,(H,28,29)/b20-13-,25-23?. The second-order valence-electron chi connectivity index (χ2n) is 6.39. The van der Waals surface area contributed by atoms with E-state index in [1.807, 2.05) is 42.5 Å². The summed E-state index contributed by atoms with van der Waals surface area (Å²) in [7, 11) is 0. The van der Waals surface area contributed by atoms with Gasteiger partial charge in [0.2, 0.25) is 0 Å². The molecule has 0 aromatic heterocycles. The minimum absolute atomic E-state index is 0.134. The van der Waals surface area contributed by atoms with Crippen LogP contribution in [0.3, 0.4) is 0 Å². The number of hydrogen-bond donors (Lipinski definition) is 1. The maximum absolute atomic E-state index is 13.2. The summed E-state index contributed by atoms with van der Waals surface area (Å²) in [6.45, 7) is 0. The van der Waals surface area contributed by atoms with Crippen LogP contribution in [0.2, 0.25) is 5.02 Å². The summed E-state index contributed by atoms with van der Waals surface area (Å²) in [6.07, 6.45) is 1.79. The summed E-state index contributed by atoms with van der Waals surface area (Å²) < 4.78 is 0. The van der Waals surface area contributed by atoms with Crippen LogP contribution >= 0.6 is 23.4 Å². The van der Waals surface area contributed by atoms with Crippen molar-refractivity contribution in [3.63, 3.8) is 0 Å². The monoisotopic (exact) mass is 434 g/mol. The van der Waals surface area contributed by atoms with Crippen molar-refractivity contribution in [2.75, 3.05) is 4.90 Å². The zero-order chi connectivity index (χ0) is 21.1. The molecule has 0 unspecified atom stereocenters. The minimum atomic E-state index is -1.03. The lowest BCUT2D eigenvalue weighted by Gasteiger charge is -2.15. The lowest BCUT2D eigenvalue weighted by Crippen LogP contribution is -2.28. The zero-order valence-corrected chi connectivity index (χ0v) is 17.1. The van der Waals surface area contributed by atoms with E-state index in [-0.39, 0.29) is 11.5 Å². The Labute approximate surface area is 182 Å². The number of carbonyl (C=O) groups excluding carboxylic acids is 1. The van der Waals surface area contributed by atoms with Crippen LogP contribution in [0.15, 0.2) is 88.8 Å². The summed E-state index contributed by atoms with van der Waals surface area (Å²) in [6, 6.07) is 22.7. The largest absolute Gasteiger partial charge is 0.478 e. The minimum Gasteiger partial charge on any atom is -0.478 e. The number of aromatic carboxylic acids is 1. The average Bonchev–Trinajstić information content (AvgIpc) is 3.05. The molecule has 1 amide bonds. The number of amides is 1. The Hall–Kier alpha value is -3.35. The maximum Gasteiger partial charge on any atom is 0.335 e. The van der Waals surface area contributed by atoms with Crippen molar-refractivity contribution in [3.05, 3.63) is 99.9 Å². The van der Waals surface area contributed by atoms with Gasteiger partial charge in [-0.2, -0.15) is 0 Å². The number of benzene rings is 3. The summed E-state index contributed by atoms with van der Waals surface area (Å²) in [5, 5.41) is 10.3. The molecule has 1 fully saturated rings. The highest BCUT2D eigenvalue weighted by molar-refractivity contribution is 8.19. The molecule has 5 nitrogen and oxygen atoms in total. The van der Waals surface area contributed by atoms with E-state index in [0.717, 1.165) is 5.56 Å². The smallest absolute Gasteiger partial charge is 0.335 e. The Kier molecular flexibility index (Phi) is 5.70. The number of carboxylic acid groups (broad SMARTS) is 1. The Bertz CT molecular complexity index is 1170. The molecule has 1 aliphatic rings. The molecule has 0 spiro atoms. The number of amidine groups is 1. The SMILES string of the molecule is O=C(O)c1cccc(N=C2S/C(=C\c3ccc(Cl)cc3)C(=O)N2c2ccccc2)c1. The average molecular weight is 435 g/mol. The van der Waals surface area contributed by atoms with Gasteiger partial charge in [-0.05, 0) is 65.9 Å². The molecule has 0 saturated carbocycles. The first-order valence-electron chi connectivity index (χ1n) is 8.98. The van der Waals surface area contributed by atoms with Gasteiger partial charge in [0.25, 0.3) is 5.91 Å². The number of halogens is 1. The van der Waals surface area contributed by atoms with Crippen LogP contribution < -0.4 is 4.90 Å². The predicted octanol–water partition coefficient (Wildman–Crippen LogP) is 5.85. The highest BCUT2D eigenvalue weighted by Gasteiger charge is 2.34. The van der Waals surface area contributed by atoms with Crippen LogP contribution in [0.4, 0.5) is 11.4 Å². The van der Waals surface area contributed by atoms with Crippen molar-refractivity contribution < 1.29 is 14.7 Å². The highest BCUT2D eigenvalue weighted by Crippen LogP contribution is 2.37. The molecule has 4 rings (SSSR count). The molecule has 30 heavy (non-hydrogen) atoms. The fourth-order valence-electron chi connectivity index (χ4n) is 2.88. The molecular formula is C23H15ClN2O3S.